The minimum Gasteiger partial charge on any atom is -0.494 e. The number of carbonyl (C=O) groups is 2. The van der Waals surface area contributed by atoms with Crippen molar-refractivity contribution in [2.24, 2.45) is 0 Å². The van der Waals surface area contributed by atoms with Gasteiger partial charge in [-0.2, -0.15) is 0 Å². The molecule has 0 radical (unpaired) electrons. The molecule has 6 nitrogen and oxygen atoms in total. The standard InChI is InChI=1S/C22H25N3O3S/c1-15(26)16-9-11-17(12-10-16)21(27)25(14-6-13-24(2)3)22-23-20-18(28-4)7-5-8-19(20)29-22/h5,7-12H,6,13-14H2,1-4H3. The maximum absolute atomic E-state index is 13.3. The summed E-state index contributed by atoms with van der Waals surface area (Å²) >= 11 is 1.47. The van der Waals surface area contributed by atoms with Crippen LogP contribution in [0.15, 0.2) is 42.5 Å². The summed E-state index contributed by atoms with van der Waals surface area (Å²) in [4.78, 5) is 33.3. The zero-order valence-corrected chi connectivity index (χ0v) is 18.0. The Labute approximate surface area is 174 Å². The number of anilines is 1. The lowest BCUT2D eigenvalue weighted by Gasteiger charge is -2.21. The van der Waals surface area contributed by atoms with E-state index in [-0.39, 0.29) is 11.7 Å². The molecular formula is C22H25N3O3S. The van der Waals surface area contributed by atoms with Gasteiger partial charge >= 0.3 is 0 Å². The molecule has 0 spiro atoms. The van der Waals surface area contributed by atoms with Crippen LogP contribution < -0.4 is 9.64 Å². The molecular weight excluding hydrogens is 386 g/mol. The van der Waals surface area contributed by atoms with Gasteiger partial charge in [0, 0.05) is 17.7 Å². The van der Waals surface area contributed by atoms with Gasteiger partial charge in [0.2, 0.25) is 0 Å². The van der Waals surface area contributed by atoms with Crippen LogP contribution in [0.25, 0.3) is 10.2 Å². The molecule has 0 atom stereocenters. The molecule has 0 aliphatic rings. The fraction of sp³-hybridized carbons (Fsp3) is 0.318. The van der Waals surface area contributed by atoms with E-state index in [2.05, 4.69) is 4.90 Å². The largest absolute Gasteiger partial charge is 0.494 e. The summed E-state index contributed by atoms with van der Waals surface area (Å²) in [7, 11) is 5.63. The van der Waals surface area contributed by atoms with Crippen molar-refractivity contribution in [2.75, 3.05) is 39.2 Å². The Hall–Kier alpha value is -2.77. The second-order valence-corrected chi connectivity index (χ2v) is 8.06. The van der Waals surface area contributed by atoms with Gasteiger partial charge in [-0.05, 0) is 58.3 Å². The number of hydrogen-bond donors (Lipinski definition) is 0. The number of hydrogen-bond acceptors (Lipinski definition) is 6. The van der Waals surface area contributed by atoms with Crippen molar-refractivity contribution >= 4 is 38.4 Å². The Morgan fingerprint density at radius 2 is 1.72 bits per heavy atom. The lowest BCUT2D eigenvalue weighted by molar-refractivity contribution is 0.0981. The van der Waals surface area contributed by atoms with Gasteiger partial charge in [-0.1, -0.05) is 29.5 Å². The van der Waals surface area contributed by atoms with Crippen LogP contribution in [0, 0.1) is 0 Å². The van der Waals surface area contributed by atoms with Crippen LogP contribution in [-0.4, -0.2) is 55.9 Å². The maximum Gasteiger partial charge on any atom is 0.260 e. The molecule has 152 valence electrons. The number of benzene rings is 2. The molecule has 1 aromatic heterocycles. The van der Waals surface area contributed by atoms with Crippen molar-refractivity contribution in [2.45, 2.75) is 13.3 Å². The Bertz CT molecular complexity index is 1010. The molecule has 2 aromatic carbocycles. The third-order valence-electron chi connectivity index (χ3n) is 4.59. The number of para-hydroxylation sites is 1. The number of aromatic nitrogens is 1. The summed E-state index contributed by atoms with van der Waals surface area (Å²) in [6, 6.07) is 12.5. The van der Waals surface area contributed by atoms with Crippen LogP contribution in [-0.2, 0) is 0 Å². The summed E-state index contributed by atoms with van der Waals surface area (Å²) in [6.07, 6.45) is 0.817. The van der Waals surface area contributed by atoms with E-state index >= 15 is 0 Å². The van der Waals surface area contributed by atoms with E-state index in [1.165, 1.54) is 18.3 Å². The number of fused-ring (bicyclic) bond motifs is 1. The molecule has 0 fully saturated rings. The van der Waals surface area contributed by atoms with Gasteiger partial charge in [0.1, 0.15) is 11.3 Å². The molecule has 3 aromatic rings. The number of Topliss-reactive ketones (excluding diaryl/α,β-unsaturated/α-hetero) is 1. The predicted molar refractivity (Wildman–Crippen MR) is 117 cm³/mol. The highest BCUT2D eigenvalue weighted by Crippen LogP contribution is 2.34. The first kappa shape index (κ1) is 21.0. The van der Waals surface area contributed by atoms with Crippen LogP contribution >= 0.6 is 11.3 Å². The van der Waals surface area contributed by atoms with Gasteiger partial charge in [0.15, 0.2) is 10.9 Å². The topological polar surface area (TPSA) is 62.7 Å². The fourth-order valence-electron chi connectivity index (χ4n) is 3.02. The minimum atomic E-state index is -0.128. The molecule has 0 unspecified atom stereocenters. The molecule has 0 saturated heterocycles. The molecule has 0 aliphatic heterocycles. The minimum absolute atomic E-state index is 0.0230. The van der Waals surface area contributed by atoms with Crippen LogP contribution in [0.2, 0.25) is 0 Å². The average molecular weight is 412 g/mol. The highest BCUT2D eigenvalue weighted by Gasteiger charge is 2.22. The van der Waals surface area contributed by atoms with E-state index in [1.54, 1.807) is 36.3 Å². The smallest absolute Gasteiger partial charge is 0.260 e. The number of nitrogens with zero attached hydrogens (tertiary/aromatic N) is 3. The number of rotatable bonds is 8. The van der Waals surface area contributed by atoms with Gasteiger partial charge in [-0.15, -0.1) is 0 Å². The van der Waals surface area contributed by atoms with Crippen molar-refractivity contribution in [3.63, 3.8) is 0 Å². The number of thiazole rings is 1. The summed E-state index contributed by atoms with van der Waals surface area (Å²) < 4.78 is 6.39. The lowest BCUT2D eigenvalue weighted by atomic mass is 10.1. The van der Waals surface area contributed by atoms with E-state index in [0.29, 0.717) is 28.6 Å². The van der Waals surface area contributed by atoms with E-state index < -0.39 is 0 Å². The van der Waals surface area contributed by atoms with Crippen molar-refractivity contribution < 1.29 is 14.3 Å². The Morgan fingerprint density at radius 3 is 2.34 bits per heavy atom. The van der Waals surface area contributed by atoms with Crippen molar-refractivity contribution in [3.05, 3.63) is 53.6 Å². The van der Waals surface area contributed by atoms with Gasteiger partial charge in [-0.25, -0.2) is 4.98 Å². The molecule has 0 aliphatic carbocycles. The quantitative estimate of drug-likeness (QED) is 0.522. The summed E-state index contributed by atoms with van der Waals surface area (Å²) in [5, 5.41) is 0.643. The van der Waals surface area contributed by atoms with Crippen molar-refractivity contribution in [3.8, 4) is 5.75 Å². The highest BCUT2D eigenvalue weighted by molar-refractivity contribution is 7.22. The molecule has 0 N–H and O–H groups in total. The van der Waals surface area contributed by atoms with E-state index in [9.17, 15) is 9.59 Å². The van der Waals surface area contributed by atoms with Crippen molar-refractivity contribution in [1.29, 1.82) is 0 Å². The number of ketones is 1. The molecule has 0 saturated carbocycles. The summed E-state index contributed by atoms with van der Waals surface area (Å²) in [5.41, 5.74) is 1.88. The van der Waals surface area contributed by atoms with E-state index in [0.717, 1.165) is 23.2 Å². The third kappa shape index (κ3) is 4.81. The summed E-state index contributed by atoms with van der Waals surface area (Å²) in [5.74, 6) is 0.540. The number of methoxy groups -OCH3 is 1. The van der Waals surface area contributed by atoms with Crippen LogP contribution in [0.4, 0.5) is 5.13 Å². The van der Waals surface area contributed by atoms with E-state index in [4.69, 9.17) is 9.72 Å². The number of carbonyl (C=O) groups excluding carboxylic acids is 2. The average Bonchev–Trinajstić information content (AvgIpc) is 3.14. The maximum atomic E-state index is 13.3. The molecule has 0 bridgehead atoms. The first-order chi connectivity index (χ1) is 13.9. The first-order valence-electron chi connectivity index (χ1n) is 9.42. The van der Waals surface area contributed by atoms with Gasteiger partial charge < -0.3 is 9.64 Å². The van der Waals surface area contributed by atoms with E-state index in [1.807, 2.05) is 32.3 Å². The number of amides is 1. The molecule has 29 heavy (non-hydrogen) atoms. The highest BCUT2D eigenvalue weighted by atomic mass is 32.1. The fourth-order valence-corrected chi connectivity index (χ4v) is 4.03. The number of ether oxygens (including phenoxy) is 1. The Morgan fingerprint density at radius 1 is 1.03 bits per heavy atom. The monoisotopic (exact) mass is 411 g/mol. The zero-order valence-electron chi connectivity index (χ0n) is 17.1. The lowest BCUT2D eigenvalue weighted by Crippen LogP contribution is -2.33. The van der Waals surface area contributed by atoms with Crippen LogP contribution in [0.5, 0.6) is 5.75 Å². The Balaban J connectivity index is 1.95. The van der Waals surface area contributed by atoms with Crippen molar-refractivity contribution in [1.82, 2.24) is 9.88 Å². The van der Waals surface area contributed by atoms with Crippen LogP contribution in [0.3, 0.4) is 0 Å². The molecule has 7 heteroatoms. The molecule has 3 rings (SSSR count). The first-order valence-corrected chi connectivity index (χ1v) is 10.2. The normalized spacial score (nSPS) is 11.1. The molecule has 1 amide bonds. The Kier molecular flexibility index (Phi) is 6.61. The summed E-state index contributed by atoms with van der Waals surface area (Å²) in [6.45, 7) is 2.92. The van der Waals surface area contributed by atoms with Gasteiger partial charge in [-0.3, -0.25) is 14.5 Å². The van der Waals surface area contributed by atoms with Gasteiger partial charge in [0.25, 0.3) is 5.91 Å². The second-order valence-electron chi connectivity index (χ2n) is 7.05. The third-order valence-corrected chi connectivity index (χ3v) is 5.64. The van der Waals surface area contributed by atoms with Gasteiger partial charge in [0.05, 0.1) is 11.8 Å². The molecule has 1 heterocycles. The van der Waals surface area contributed by atoms with Crippen LogP contribution in [0.1, 0.15) is 34.1 Å². The second kappa shape index (κ2) is 9.15. The SMILES string of the molecule is COc1cccc2sc(N(CCCN(C)C)C(=O)c3ccc(C(C)=O)cc3)nc12. The predicted octanol–water partition coefficient (Wildman–Crippen LogP) is 4.11. The zero-order chi connectivity index (χ0) is 21.0.